The molecule has 100 valence electrons. The van der Waals surface area contributed by atoms with Gasteiger partial charge >= 0.3 is 0 Å². The number of fused-ring (bicyclic) bond motifs is 1. The van der Waals surface area contributed by atoms with Crippen molar-refractivity contribution >= 4 is 5.69 Å². The number of anilines is 1. The summed E-state index contributed by atoms with van der Waals surface area (Å²) in [5, 5.41) is 9.31. The Morgan fingerprint density at radius 2 is 2.05 bits per heavy atom. The fourth-order valence-corrected chi connectivity index (χ4v) is 3.68. The summed E-state index contributed by atoms with van der Waals surface area (Å²) < 4.78 is 0. The summed E-state index contributed by atoms with van der Waals surface area (Å²) in [6.45, 7) is 4.19. The molecule has 1 saturated carbocycles. The quantitative estimate of drug-likeness (QED) is 0.838. The average Bonchev–Trinajstić information content (AvgIpc) is 2.81. The van der Waals surface area contributed by atoms with E-state index < -0.39 is 0 Å². The van der Waals surface area contributed by atoms with Crippen molar-refractivity contribution in [1.29, 1.82) is 5.26 Å². The van der Waals surface area contributed by atoms with Crippen LogP contribution in [0, 0.1) is 30.1 Å². The van der Waals surface area contributed by atoms with Gasteiger partial charge in [-0.2, -0.15) is 5.26 Å². The van der Waals surface area contributed by atoms with Gasteiger partial charge in [-0.05, 0) is 55.7 Å². The summed E-state index contributed by atoms with van der Waals surface area (Å²) in [5.41, 5.74) is 9.15. The van der Waals surface area contributed by atoms with Crippen LogP contribution in [0.2, 0.25) is 0 Å². The van der Waals surface area contributed by atoms with E-state index in [1.807, 2.05) is 13.0 Å². The van der Waals surface area contributed by atoms with Crippen LogP contribution in [-0.4, -0.2) is 19.1 Å². The highest BCUT2D eigenvalue weighted by molar-refractivity contribution is 5.61. The minimum atomic E-state index is 0.384. The number of nitrogens with two attached hydrogens (primary N) is 1. The third-order valence-corrected chi connectivity index (χ3v) is 4.70. The molecule has 0 bridgehead atoms. The smallest absolute Gasteiger partial charge is 0.101 e. The predicted octanol–water partition coefficient (Wildman–Crippen LogP) is 2.43. The zero-order valence-corrected chi connectivity index (χ0v) is 11.5. The molecular formula is C16H21N3. The third-order valence-electron chi connectivity index (χ3n) is 4.70. The van der Waals surface area contributed by atoms with E-state index in [0.717, 1.165) is 54.6 Å². The largest absolute Gasteiger partial charge is 0.370 e. The van der Waals surface area contributed by atoms with E-state index >= 15 is 0 Å². The average molecular weight is 255 g/mol. The van der Waals surface area contributed by atoms with E-state index in [1.54, 1.807) is 0 Å². The van der Waals surface area contributed by atoms with E-state index in [2.05, 4.69) is 23.1 Å². The van der Waals surface area contributed by atoms with E-state index in [-0.39, 0.29) is 0 Å². The van der Waals surface area contributed by atoms with E-state index in [9.17, 15) is 5.26 Å². The molecular weight excluding hydrogens is 234 g/mol. The van der Waals surface area contributed by atoms with Crippen molar-refractivity contribution in [3.8, 4) is 6.07 Å². The lowest BCUT2D eigenvalue weighted by Crippen LogP contribution is -2.32. The van der Waals surface area contributed by atoms with Crippen molar-refractivity contribution < 1.29 is 0 Å². The van der Waals surface area contributed by atoms with Gasteiger partial charge in [0.2, 0.25) is 0 Å². The number of rotatable bonds is 1. The molecule has 3 atom stereocenters. The minimum Gasteiger partial charge on any atom is -0.370 e. The maximum atomic E-state index is 9.31. The van der Waals surface area contributed by atoms with E-state index in [4.69, 9.17) is 5.73 Å². The van der Waals surface area contributed by atoms with Crippen molar-refractivity contribution in [2.45, 2.75) is 32.2 Å². The number of nitrogens with zero attached hydrogens (tertiary/aromatic N) is 2. The van der Waals surface area contributed by atoms with Crippen LogP contribution in [0.5, 0.6) is 0 Å². The second-order valence-corrected chi connectivity index (χ2v) is 6.13. The Bertz CT molecular complexity index is 517. The summed E-state index contributed by atoms with van der Waals surface area (Å²) in [6.07, 6.45) is 3.55. The topological polar surface area (TPSA) is 53.0 Å². The Morgan fingerprint density at radius 3 is 2.84 bits per heavy atom. The van der Waals surface area contributed by atoms with Crippen molar-refractivity contribution in [3.05, 3.63) is 29.3 Å². The van der Waals surface area contributed by atoms with Gasteiger partial charge in [0.25, 0.3) is 0 Å². The number of hydrogen-bond donors (Lipinski definition) is 1. The van der Waals surface area contributed by atoms with Crippen LogP contribution in [0.3, 0.4) is 0 Å². The molecule has 3 nitrogen and oxygen atoms in total. The van der Waals surface area contributed by atoms with E-state index in [1.165, 1.54) is 6.42 Å². The van der Waals surface area contributed by atoms with Crippen molar-refractivity contribution in [2.75, 3.05) is 18.0 Å². The third kappa shape index (κ3) is 2.33. The molecule has 1 aromatic rings. The van der Waals surface area contributed by atoms with Gasteiger partial charge in [0.1, 0.15) is 6.07 Å². The number of aryl methyl sites for hydroxylation is 1. The monoisotopic (exact) mass is 255 g/mol. The fraction of sp³-hybridized carbons (Fsp3) is 0.562. The van der Waals surface area contributed by atoms with Crippen LogP contribution in [-0.2, 0) is 0 Å². The zero-order valence-electron chi connectivity index (χ0n) is 11.5. The maximum Gasteiger partial charge on any atom is 0.101 e. The van der Waals surface area contributed by atoms with Gasteiger partial charge in [-0.25, -0.2) is 0 Å². The van der Waals surface area contributed by atoms with Gasteiger partial charge in [-0.1, -0.05) is 6.07 Å². The summed E-state index contributed by atoms with van der Waals surface area (Å²) >= 11 is 0. The van der Waals surface area contributed by atoms with Gasteiger partial charge in [-0.15, -0.1) is 0 Å². The molecule has 1 unspecified atom stereocenters. The lowest BCUT2D eigenvalue weighted by atomic mass is 9.79. The molecule has 0 amide bonds. The Kier molecular flexibility index (Phi) is 3.20. The Hall–Kier alpha value is -1.53. The molecule has 1 heterocycles. The summed E-state index contributed by atoms with van der Waals surface area (Å²) in [6, 6.07) is 8.91. The normalized spacial score (nSPS) is 29.9. The molecule has 1 aliphatic carbocycles. The second-order valence-electron chi connectivity index (χ2n) is 6.13. The molecule has 2 fully saturated rings. The SMILES string of the molecule is Cc1ccc(N2C[C@H]3CCC(N)C[C@H]3C2)c(C#N)c1. The van der Waals surface area contributed by atoms with Crippen molar-refractivity contribution in [2.24, 2.45) is 17.6 Å². The highest BCUT2D eigenvalue weighted by Gasteiger charge is 2.37. The molecule has 19 heavy (non-hydrogen) atoms. The van der Waals surface area contributed by atoms with Crippen LogP contribution in [0.4, 0.5) is 5.69 Å². The summed E-state index contributed by atoms with van der Waals surface area (Å²) in [4.78, 5) is 2.39. The molecule has 1 aromatic carbocycles. The lowest BCUT2D eigenvalue weighted by molar-refractivity contribution is 0.271. The molecule has 1 aliphatic heterocycles. The number of benzene rings is 1. The van der Waals surface area contributed by atoms with Crippen LogP contribution in [0.1, 0.15) is 30.4 Å². The van der Waals surface area contributed by atoms with Gasteiger partial charge in [-0.3, -0.25) is 0 Å². The van der Waals surface area contributed by atoms with Crippen LogP contribution >= 0.6 is 0 Å². The first-order valence-corrected chi connectivity index (χ1v) is 7.18. The van der Waals surface area contributed by atoms with Gasteiger partial charge in [0, 0.05) is 19.1 Å². The highest BCUT2D eigenvalue weighted by Crippen LogP contribution is 2.38. The fourth-order valence-electron chi connectivity index (χ4n) is 3.68. The molecule has 1 saturated heterocycles. The maximum absolute atomic E-state index is 9.31. The summed E-state index contributed by atoms with van der Waals surface area (Å²) in [5.74, 6) is 1.49. The standard InChI is InChI=1S/C16H21N3/c1-11-2-5-16(13(6-11)8-17)19-9-12-3-4-15(18)7-14(12)10-19/h2,5-6,12,14-15H,3-4,7,9-10,18H2,1H3/t12-,14+,15?/m1/s1. The first-order valence-electron chi connectivity index (χ1n) is 7.18. The highest BCUT2D eigenvalue weighted by atomic mass is 15.2. The second kappa shape index (κ2) is 4.86. The Labute approximate surface area is 115 Å². The minimum absolute atomic E-state index is 0.384. The van der Waals surface area contributed by atoms with Crippen LogP contribution in [0.25, 0.3) is 0 Å². The first-order chi connectivity index (χ1) is 9.17. The molecule has 3 heteroatoms. The molecule has 0 radical (unpaired) electrons. The molecule has 0 spiro atoms. The molecule has 3 rings (SSSR count). The van der Waals surface area contributed by atoms with Gasteiger partial charge in [0.15, 0.2) is 0 Å². The summed E-state index contributed by atoms with van der Waals surface area (Å²) in [7, 11) is 0. The Morgan fingerprint density at radius 1 is 1.26 bits per heavy atom. The lowest BCUT2D eigenvalue weighted by Gasteiger charge is -2.27. The van der Waals surface area contributed by atoms with Gasteiger partial charge in [0.05, 0.1) is 11.3 Å². The number of nitriles is 1. The molecule has 2 N–H and O–H groups in total. The molecule has 0 aromatic heterocycles. The van der Waals surface area contributed by atoms with E-state index in [0.29, 0.717) is 6.04 Å². The zero-order chi connectivity index (χ0) is 13.4. The first kappa shape index (κ1) is 12.5. The van der Waals surface area contributed by atoms with Crippen molar-refractivity contribution in [3.63, 3.8) is 0 Å². The Balaban J connectivity index is 1.83. The van der Waals surface area contributed by atoms with Crippen LogP contribution in [0.15, 0.2) is 18.2 Å². The van der Waals surface area contributed by atoms with Crippen molar-refractivity contribution in [1.82, 2.24) is 0 Å². The van der Waals surface area contributed by atoms with Gasteiger partial charge < -0.3 is 10.6 Å². The predicted molar refractivity (Wildman–Crippen MR) is 76.9 cm³/mol. The molecule has 2 aliphatic rings. The number of hydrogen-bond acceptors (Lipinski definition) is 3. The van der Waals surface area contributed by atoms with Crippen LogP contribution < -0.4 is 10.6 Å².